The maximum Gasteiger partial charge on any atom is 0.433 e. The molecule has 2 rings (SSSR count). The van der Waals surface area contributed by atoms with Gasteiger partial charge in [0.05, 0.1) is 0 Å². The molecule has 76 valence electrons. The van der Waals surface area contributed by atoms with Crippen LogP contribution in [0.15, 0.2) is 6.07 Å². The molecule has 1 aromatic heterocycles. The number of hydrogen-bond donors (Lipinski definition) is 1. The van der Waals surface area contributed by atoms with Gasteiger partial charge in [0.1, 0.15) is 5.69 Å². The van der Waals surface area contributed by atoms with Crippen molar-refractivity contribution >= 4 is 12.2 Å². The molecule has 1 aromatic rings. The van der Waals surface area contributed by atoms with E-state index in [9.17, 15) is 13.2 Å². The first-order valence-electron chi connectivity index (χ1n) is 4.15. The quantitative estimate of drug-likeness (QED) is 0.737. The number of alkyl halides is 3. The van der Waals surface area contributed by atoms with E-state index in [1.165, 1.54) is 0 Å². The zero-order valence-electron chi connectivity index (χ0n) is 7.06. The maximum absolute atomic E-state index is 12.3. The molecule has 1 heterocycles. The van der Waals surface area contributed by atoms with Gasteiger partial charge in [-0.15, -0.1) is 0 Å². The van der Waals surface area contributed by atoms with Crippen molar-refractivity contribution in [3.63, 3.8) is 0 Å². The number of hydrogen-bond acceptors (Lipinski definition) is 2. The Kier molecular flexibility index (Phi) is 2.10. The molecule has 0 saturated heterocycles. The second kappa shape index (κ2) is 3.05. The minimum atomic E-state index is -4.41. The van der Waals surface area contributed by atoms with Crippen molar-refractivity contribution in [3.8, 4) is 0 Å². The third-order valence-electron chi connectivity index (χ3n) is 2.07. The minimum Gasteiger partial charge on any atom is -0.334 e. The highest BCUT2D eigenvalue weighted by Gasteiger charge is 2.34. The predicted molar refractivity (Wildman–Crippen MR) is 46.4 cm³/mol. The molecule has 2 nitrogen and oxygen atoms in total. The largest absolute Gasteiger partial charge is 0.433 e. The van der Waals surface area contributed by atoms with E-state index in [2.05, 4.69) is 22.2 Å². The molecule has 0 bridgehead atoms. The van der Waals surface area contributed by atoms with Crippen molar-refractivity contribution in [2.24, 2.45) is 0 Å². The number of nitrogens with one attached hydrogen (secondary N) is 1. The highest BCUT2D eigenvalue weighted by molar-refractivity contribution is 7.71. The lowest BCUT2D eigenvalue weighted by molar-refractivity contribution is -0.141. The van der Waals surface area contributed by atoms with E-state index in [-0.39, 0.29) is 10.7 Å². The molecule has 1 aliphatic rings. The zero-order valence-corrected chi connectivity index (χ0v) is 7.87. The van der Waals surface area contributed by atoms with Gasteiger partial charge in [-0.2, -0.15) is 13.2 Å². The van der Waals surface area contributed by atoms with Gasteiger partial charge in [0.2, 0.25) is 0 Å². The van der Waals surface area contributed by atoms with Crippen LogP contribution in [0.5, 0.6) is 0 Å². The molecule has 6 heteroatoms. The molecule has 0 radical (unpaired) electrons. The lowest BCUT2D eigenvalue weighted by Crippen LogP contribution is -2.09. The first kappa shape index (κ1) is 9.64. The van der Waals surface area contributed by atoms with Gasteiger partial charge in [-0.25, -0.2) is 4.98 Å². The summed E-state index contributed by atoms with van der Waals surface area (Å²) in [5.41, 5.74) is -0.347. The van der Waals surface area contributed by atoms with E-state index in [1.54, 1.807) is 0 Å². The average molecular weight is 220 g/mol. The average Bonchev–Trinajstić information content (AvgIpc) is 2.83. The lowest BCUT2D eigenvalue weighted by Gasteiger charge is -2.06. The van der Waals surface area contributed by atoms with Crippen LogP contribution in [0.2, 0.25) is 0 Å². The molecule has 1 N–H and O–H groups in total. The molecule has 1 aliphatic carbocycles. The fraction of sp³-hybridized carbons (Fsp3) is 0.500. The number of halogens is 3. The Morgan fingerprint density at radius 2 is 2.07 bits per heavy atom. The molecule has 0 spiro atoms. The predicted octanol–water partition coefficient (Wildman–Crippen LogP) is 3.04. The fourth-order valence-corrected chi connectivity index (χ4v) is 1.45. The first-order chi connectivity index (χ1) is 6.47. The summed E-state index contributed by atoms with van der Waals surface area (Å²) in [7, 11) is 0. The summed E-state index contributed by atoms with van der Waals surface area (Å²) in [6.45, 7) is 0. The van der Waals surface area contributed by atoms with Crippen LogP contribution in [-0.4, -0.2) is 9.97 Å². The smallest absolute Gasteiger partial charge is 0.334 e. The molecule has 0 aromatic carbocycles. The minimum absolute atomic E-state index is 0.0956. The van der Waals surface area contributed by atoms with Gasteiger partial charge in [0.15, 0.2) is 4.77 Å². The Morgan fingerprint density at radius 1 is 1.43 bits per heavy atom. The summed E-state index contributed by atoms with van der Waals surface area (Å²) in [5.74, 6) is 0.209. The normalized spacial score (nSPS) is 17.1. The van der Waals surface area contributed by atoms with Crippen molar-refractivity contribution in [2.75, 3.05) is 0 Å². The van der Waals surface area contributed by atoms with E-state index in [1.807, 2.05) is 0 Å². The van der Waals surface area contributed by atoms with E-state index in [4.69, 9.17) is 0 Å². The summed E-state index contributed by atoms with van der Waals surface area (Å²) >= 11 is 4.64. The van der Waals surface area contributed by atoms with E-state index in [0.717, 1.165) is 18.9 Å². The molecule has 14 heavy (non-hydrogen) atoms. The van der Waals surface area contributed by atoms with Crippen molar-refractivity contribution in [1.82, 2.24) is 9.97 Å². The van der Waals surface area contributed by atoms with E-state index >= 15 is 0 Å². The van der Waals surface area contributed by atoms with Gasteiger partial charge < -0.3 is 4.98 Å². The summed E-state index contributed by atoms with van der Waals surface area (Å²) in [6, 6.07) is 1.05. The van der Waals surface area contributed by atoms with Crippen molar-refractivity contribution in [2.45, 2.75) is 24.9 Å². The van der Waals surface area contributed by atoms with Crippen LogP contribution >= 0.6 is 12.2 Å². The summed E-state index contributed by atoms with van der Waals surface area (Å²) in [6.07, 6.45) is -2.56. The summed E-state index contributed by atoms with van der Waals surface area (Å²) in [4.78, 5) is 5.93. The van der Waals surface area contributed by atoms with Crippen LogP contribution in [0.4, 0.5) is 13.2 Å². The fourth-order valence-electron chi connectivity index (χ4n) is 1.24. The van der Waals surface area contributed by atoms with E-state index in [0.29, 0.717) is 5.69 Å². The highest BCUT2D eigenvalue weighted by Crippen LogP contribution is 2.40. The Balaban J connectivity index is 2.46. The molecule has 0 amide bonds. The van der Waals surface area contributed by atoms with Crippen LogP contribution in [0.1, 0.15) is 30.1 Å². The SMILES string of the molecule is FC(F)(F)c1cc(C2CC2)[nH]c(=S)n1. The Labute approximate surface area is 83.2 Å². The Bertz CT molecular complexity index is 406. The maximum atomic E-state index is 12.3. The van der Waals surface area contributed by atoms with Crippen LogP contribution in [0, 0.1) is 4.77 Å². The first-order valence-corrected chi connectivity index (χ1v) is 4.56. The highest BCUT2D eigenvalue weighted by atomic mass is 32.1. The molecular weight excluding hydrogens is 213 g/mol. The monoisotopic (exact) mass is 220 g/mol. The van der Waals surface area contributed by atoms with Crippen LogP contribution in [-0.2, 0) is 6.18 Å². The second-order valence-electron chi connectivity index (χ2n) is 3.30. The number of nitrogens with zero attached hydrogens (tertiary/aromatic N) is 1. The number of rotatable bonds is 1. The Hall–Kier alpha value is -0.910. The third kappa shape index (κ3) is 1.95. The van der Waals surface area contributed by atoms with Crippen LogP contribution in [0.25, 0.3) is 0 Å². The molecule has 1 saturated carbocycles. The van der Waals surface area contributed by atoms with E-state index < -0.39 is 11.9 Å². The van der Waals surface area contributed by atoms with Gasteiger partial charge in [0, 0.05) is 5.69 Å². The zero-order chi connectivity index (χ0) is 10.3. The van der Waals surface area contributed by atoms with Gasteiger partial charge in [-0.1, -0.05) is 0 Å². The van der Waals surface area contributed by atoms with Crippen molar-refractivity contribution in [1.29, 1.82) is 0 Å². The van der Waals surface area contributed by atoms with Gasteiger partial charge in [-0.05, 0) is 37.0 Å². The van der Waals surface area contributed by atoms with Gasteiger partial charge in [0.25, 0.3) is 0 Å². The van der Waals surface area contributed by atoms with Crippen molar-refractivity contribution < 1.29 is 13.2 Å². The van der Waals surface area contributed by atoms with Gasteiger partial charge >= 0.3 is 6.18 Å². The molecule has 0 unspecified atom stereocenters. The standard InChI is InChI=1S/C8H7F3N2S/c9-8(10,11)6-3-5(4-1-2-4)12-7(14)13-6/h3-4H,1-2H2,(H,12,13,14). The molecule has 0 aliphatic heterocycles. The number of H-pyrrole nitrogens is 1. The van der Waals surface area contributed by atoms with Crippen LogP contribution < -0.4 is 0 Å². The van der Waals surface area contributed by atoms with Crippen molar-refractivity contribution in [3.05, 3.63) is 22.2 Å². The number of aromatic amines is 1. The Morgan fingerprint density at radius 3 is 2.57 bits per heavy atom. The molecule has 0 atom stereocenters. The third-order valence-corrected chi connectivity index (χ3v) is 2.27. The topological polar surface area (TPSA) is 28.7 Å². The number of aromatic nitrogens is 2. The lowest BCUT2D eigenvalue weighted by atomic mass is 10.2. The second-order valence-corrected chi connectivity index (χ2v) is 3.69. The molecule has 1 fully saturated rings. The van der Waals surface area contributed by atoms with Gasteiger partial charge in [-0.3, -0.25) is 0 Å². The van der Waals surface area contributed by atoms with Crippen LogP contribution in [0.3, 0.4) is 0 Å². The summed E-state index contributed by atoms with van der Waals surface area (Å²) in [5, 5.41) is 0. The molecular formula is C8H7F3N2S. The summed E-state index contributed by atoms with van der Waals surface area (Å²) < 4.78 is 36.8.